The predicted octanol–water partition coefficient (Wildman–Crippen LogP) is 3.23. The second-order valence-electron chi connectivity index (χ2n) is 2.92. The van der Waals surface area contributed by atoms with Gasteiger partial charge in [-0.25, -0.2) is 0 Å². The number of rotatable bonds is 1. The third-order valence-corrected chi connectivity index (χ3v) is 2.62. The maximum atomic E-state index is 12.0. The monoisotopic (exact) mass is 220 g/mol. The van der Waals surface area contributed by atoms with E-state index in [4.69, 9.17) is 4.74 Å². The van der Waals surface area contributed by atoms with Crippen molar-refractivity contribution in [3.63, 3.8) is 0 Å². The van der Waals surface area contributed by atoms with Crippen LogP contribution < -0.4 is 4.74 Å². The zero-order valence-electron chi connectivity index (χ0n) is 7.10. The van der Waals surface area contributed by atoms with Crippen LogP contribution in [0.4, 0.5) is 13.2 Å². The molecular weight excluding hydrogens is 213 g/mol. The van der Waals surface area contributed by atoms with E-state index in [0.29, 0.717) is 12.4 Å². The Morgan fingerprint density at radius 1 is 1.29 bits per heavy atom. The molecule has 0 unspecified atom stereocenters. The fourth-order valence-electron chi connectivity index (χ4n) is 1.34. The maximum Gasteiger partial charge on any atom is 0.446 e. The van der Waals surface area contributed by atoms with E-state index in [9.17, 15) is 13.2 Å². The summed E-state index contributed by atoms with van der Waals surface area (Å²) in [5.41, 5.74) is -3.25. The van der Waals surface area contributed by atoms with Crippen molar-refractivity contribution in [1.82, 2.24) is 0 Å². The SMILES string of the molecule is FC(F)(F)Sc1ccc2c(c1)OCC2. The Labute approximate surface area is 83.3 Å². The Kier molecular flexibility index (Phi) is 2.34. The molecule has 0 aliphatic carbocycles. The fraction of sp³-hybridized carbons (Fsp3) is 0.333. The fourth-order valence-corrected chi connectivity index (χ4v) is 1.91. The van der Waals surface area contributed by atoms with Crippen LogP contribution in [0.15, 0.2) is 23.1 Å². The average molecular weight is 220 g/mol. The molecule has 0 bridgehead atoms. The van der Waals surface area contributed by atoms with Gasteiger partial charge in [0.05, 0.1) is 6.61 Å². The predicted molar refractivity (Wildman–Crippen MR) is 47.6 cm³/mol. The summed E-state index contributed by atoms with van der Waals surface area (Å²) in [6, 6.07) is 4.61. The van der Waals surface area contributed by atoms with Crippen LogP contribution in [0.2, 0.25) is 0 Å². The zero-order chi connectivity index (χ0) is 10.2. The van der Waals surface area contributed by atoms with E-state index in [-0.39, 0.29) is 16.7 Å². The van der Waals surface area contributed by atoms with Crippen molar-refractivity contribution in [3.8, 4) is 5.75 Å². The molecule has 0 saturated carbocycles. The Morgan fingerprint density at radius 2 is 2.07 bits per heavy atom. The molecule has 0 radical (unpaired) electrons. The van der Waals surface area contributed by atoms with Crippen LogP contribution in [0, 0.1) is 0 Å². The van der Waals surface area contributed by atoms with E-state index < -0.39 is 5.51 Å². The van der Waals surface area contributed by atoms with E-state index in [1.165, 1.54) is 12.1 Å². The van der Waals surface area contributed by atoms with Crippen molar-refractivity contribution in [2.75, 3.05) is 6.61 Å². The molecule has 0 amide bonds. The molecule has 76 valence electrons. The summed E-state index contributed by atoms with van der Waals surface area (Å²) in [4.78, 5) is 0.179. The lowest BCUT2D eigenvalue weighted by Gasteiger charge is -2.06. The van der Waals surface area contributed by atoms with Crippen LogP contribution in [-0.4, -0.2) is 12.1 Å². The van der Waals surface area contributed by atoms with Gasteiger partial charge in [-0.15, -0.1) is 0 Å². The number of alkyl halides is 3. The Balaban J connectivity index is 2.21. The molecule has 0 fully saturated rings. The van der Waals surface area contributed by atoms with Gasteiger partial charge in [0, 0.05) is 11.3 Å². The first-order valence-electron chi connectivity index (χ1n) is 4.06. The minimum Gasteiger partial charge on any atom is -0.493 e. The second kappa shape index (κ2) is 3.38. The molecule has 0 N–H and O–H groups in total. The summed E-state index contributed by atoms with van der Waals surface area (Å²) in [6.07, 6.45) is 0.784. The Morgan fingerprint density at radius 3 is 2.79 bits per heavy atom. The summed E-state index contributed by atoms with van der Waals surface area (Å²) in [5.74, 6) is 0.583. The number of ether oxygens (including phenoxy) is 1. The molecular formula is C9H7F3OS. The van der Waals surface area contributed by atoms with Crippen molar-refractivity contribution in [2.24, 2.45) is 0 Å². The van der Waals surface area contributed by atoms with Gasteiger partial charge in [-0.05, 0) is 29.5 Å². The summed E-state index contributed by atoms with van der Waals surface area (Å²) >= 11 is -0.113. The van der Waals surface area contributed by atoms with Gasteiger partial charge in [-0.2, -0.15) is 13.2 Å². The lowest BCUT2D eigenvalue weighted by molar-refractivity contribution is -0.0328. The molecule has 1 aliphatic heterocycles. The van der Waals surface area contributed by atoms with Gasteiger partial charge in [0.1, 0.15) is 5.75 Å². The van der Waals surface area contributed by atoms with Gasteiger partial charge in [-0.1, -0.05) is 6.07 Å². The number of halogens is 3. The second-order valence-corrected chi connectivity index (χ2v) is 4.05. The molecule has 2 rings (SSSR count). The summed E-state index contributed by atoms with van der Waals surface area (Å²) < 4.78 is 41.2. The third-order valence-electron chi connectivity index (χ3n) is 1.90. The first-order valence-corrected chi connectivity index (χ1v) is 4.88. The van der Waals surface area contributed by atoms with Crippen molar-refractivity contribution in [1.29, 1.82) is 0 Å². The highest BCUT2D eigenvalue weighted by Gasteiger charge is 2.29. The average Bonchev–Trinajstić information content (AvgIpc) is 2.47. The minimum atomic E-state index is -4.23. The van der Waals surface area contributed by atoms with Crippen molar-refractivity contribution in [2.45, 2.75) is 16.8 Å². The zero-order valence-corrected chi connectivity index (χ0v) is 7.91. The van der Waals surface area contributed by atoms with E-state index in [0.717, 1.165) is 12.0 Å². The normalized spacial score (nSPS) is 15.1. The summed E-state index contributed by atoms with van der Waals surface area (Å²) in [5, 5.41) is 0. The molecule has 14 heavy (non-hydrogen) atoms. The molecule has 0 atom stereocenters. The van der Waals surface area contributed by atoms with Crippen LogP contribution in [0.5, 0.6) is 5.75 Å². The number of benzene rings is 1. The van der Waals surface area contributed by atoms with Gasteiger partial charge < -0.3 is 4.74 Å². The number of fused-ring (bicyclic) bond motifs is 1. The highest BCUT2D eigenvalue weighted by Crippen LogP contribution is 2.39. The van der Waals surface area contributed by atoms with E-state index in [1.807, 2.05) is 0 Å². The smallest absolute Gasteiger partial charge is 0.446 e. The molecule has 5 heteroatoms. The van der Waals surface area contributed by atoms with Gasteiger partial charge in [0.2, 0.25) is 0 Å². The summed E-state index contributed by atoms with van der Waals surface area (Å²) in [6.45, 7) is 0.565. The number of hydrogen-bond acceptors (Lipinski definition) is 2. The van der Waals surface area contributed by atoms with E-state index in [1.54, 1.807) is 6.07 Å². The molecule has 0 spiro atoms. The van der Waals surface area contributed by atoms with E-state index >= 15 is 0 Å². The lowest BCUT2D eigenvalue weighted by atomic mass is 10.2. The molecule has 1 aliphatic rings. The lowest BCUT2D eigenvalue weighted by Crippen LogP contribution is -1.98. The molecule has 0 saturated heterocycles. The van der Waals surface area contributed by atoms with Gasteiger partial charge >= 0.3 is 5.51 Å². The number of hydrogen-bond donors (Lipinski definition) is 0. The Hall–Kier alpha value is -0.840. The molecule has 0 aromatic heterocycles. The first kappa shape index (κ1) is 9.71. The van der Waals surface area contributed by atoms with Crippen LogP contribution in [0.3, 0.4) is 0 Å². The first-order chi connectivity index (χ1) is 6.54. The highest BCUT2D eigenvalue weighted by atomic mass is 32.2. The van der Waals surface area contributed by atoms with Crippen molar-refractivity contribution >= 4 is 11.8 Å². The quantitative estimate of drug-likeness (QED) is 0.672. The van der Waals surface area contributed by atoms with Gasteiger partial charge in [0.25, 0.3) is 0 Å². The third kappa shape index (κ3) is 2.15. The standard InChI is InChI=1S/C9H7F3OS/c10-9(11,12)14-7-2-1-6-3-4-13-8(6)5-7/h1-2,5H,3-4H2. The largest absolute Gasteiger partial charge is 0.493 e. The van der Waals surface area contributed by atoms with Crippen molar-refractivity contribution < 1.29 is 17.9 Å². The molecule has 1 nitrogen and oxygen atoms in total. The van der Waals surface area contributed by atoms with Crippen LogP contribution in [-0.2, 0) is 6.42 Å². The summed E-state index contributed by atoms with van der Waals surface area (Å²) in [7, 11) is 0. The number of thioether (sulfide) groups is 1. The highest BCUT2D eigenvalue weighted by molar-refractivity contribution is 8.00. The van der Waals surface area contributed by atoms with Crippen LogP contribution in [0.1, 0.15) is 5.56 Å². The molecule has 1 heterocycles. The minimum absolute atomic E-state index is 0.113. The molecule has 1 aromatic carbocycles. The Bertz CT molecular complexity index is 348. The van der Waals surface area contributed by atoms with E-state index in [2.05, 4.69) is 0 Å². The van der Waals surface area contributed by atoms with Gasteiger partial charge in [-0.3, -0.25) is 0 Å². The molecule has 1 aromatic rings. The maximum absolute atomic E-state index is 12.0. The van der Waals surface area contributed by atoms with Crippen molar-refractivity contribution in [3.05, 3.63) is 23.8 Å². The topological polar surface area (TPSA) is 9.23 Å². The van der Waals surface area contributed by atoms with Crippen LogP contribution >= 0.6 is 11.8 Å². The van der Waals surface area contributed by atoms with Crippen LogP contribution in [0.25, 0.3) is 0 Å². The van der Waals surface area contributed by atoms with Gasteiger partial charge in [0.15, 0.2) is 0 Å².